The summed E-state index contributed by atoms with van der Waals surface area (Å²) in [6.45, 7) is 1.62. The van der Waals surface area contributed by atoms with Crippen LogP contribution in [0.25, 0.3) is 5.69 Å². The molecule has 0 atom stereocenters. The zero-order valence-electron chi connectivity index (χ0n) is 17.7. The molecule has 0 fully saturated rings. The first-order valence-corrected chi connectivity index (χ1v) is 11.4. The first kappa shape index (κ1) is 23.0. The molecule has 34 heavy (non-hydrogen) atoms. The summed E-state index contributed by atoms with van der Waals surface area (Å²) < 4.78 is 55.6. The predicted octanol–water partition coefficient (Wildman–Crippen LogP) is 3.23. The van der Waals surface area contributed by atoms with Gasteiger partial charge in [-0.25, -0.2) is 17.2 Å². The molecule has 4 aromatic rings. The summed E-state index contributed by atoms with van der Waals surface area (Å²) in [6.07, 6.45) is 0.00160. The van der Waals surface area contributed by atoms with E-state index in [9.17, 15) is 22.0 Å². The van der Waals surface area contributed by atoms with Gasteiger partial charge in [-0.3, -0.25) is 9.52 Å². The van der Waals surface area contributed by atoms with E-state index in [2.05, 4.69) is 25.6 Å². The summed E-state index contributed by atoms with van der Waals surface area (Å²) in [4.78, 5) is 12.4. The van der Waals surface area contributed by atoms with E-state index in [1.165, 1.54) is 35.0 Å². The van der Waals surface area contributed by atoms with Crippen LogP contribution >= 0.6 is 0 Å². The van der Waals surface area contributed by atoms with E-state index in [0.29, 0.717) is 17.1 Å². The third kappa shape index (κ3) is 5.23. The van der Waals surface area contributed by atoms with Gasteiger partial charge < -0.3 is 5.32 Å². The van der Waals surface area contributed by atoms with Gasteiger partial charge >= 0.3 is 0 Å². The van der Waals surface area contributed by atoms with Gasteiger partial charge in [0, 0.05) is 11.4 Å². The summed E-state index contributed by atoms with van der Waals surface area (Å²) >= 11 is 0. The number of hydrogen-bond donors (Lipinski definition) is 2. The predicted molar refractivity (Wildman–Crippen MR) is 120 cm³/mol. The number of sulfonamides is 1. The van der Waals surface area contributed by atoms with Crippen LogP contribution in [0.15, 0.2) is 71.6 Å². The van der Waals surface area contributed by atoms with Crippen molar-refractivity contribution in [3.05, 3.63) is 89.8 Å². The molecule has 2 N–H and O–H groups in total. The molecule has 12 heteroatoms. The maximum absolute atomic E-state index is 14.2. The third-order valence-corrected chi connectivity index (χ3v) is 6.18. The standard InChI is InChI=1S/C22H18F2N6O3S/c1-14-26-28-29-30(14)21-13-18(8-11-20(21)24)25-22(31)12-15-2-6-17(7-3-15)27-34(32,33)19-9-4-16(23)5-10-19/h2-11,13,27H,12H2,1H3,(H,25,31). The quantitative estimate of drug-likeness (QED) is 0.416. The number of carbonyl (C=O) groups excluding carboxylic acids is 1. The summed E-state index contributed by atoms with van der Waals surface area (Å²) in [5.74, 6) is -1.06. The maximum Gasteiger partial charge on any atom is 0.261 e. The molecule has 174 valence electrons. The molecule has 0 unspecified atom stereocenters. The van der Waals surface area contributed by atoms with Crippen molar-refractivity contribution in [3.63, 3.8) is 0 Å². The number of aryl methyl sites for hydroxylation is 1. The second kappa shape index (κ2) is 9.35. The minimum Gasteiger partial charge on any atom is -0.326 e. The molecule has 3 aromatic carbocycles. The average molecular weight is 484 g/mol. The highest BCUT2D eigenvalue weighted by molar-refractivity contribution is 7.92. The Morgan fingerprint density at radius 2 is 1.65 bits per heavy atom. The third-order valence-electron chi connectivity index (χ3n) is 4.78. The van der Waals surface area contributed by atoms with E-state index in [0.717, 1.165) is 24.3 Å². The van der Waals surface area contributed by atoms with Crippen molar-refractivity contribution in [2.45, 2.75) is 18.2 Å². The van der Waals surface area contributed by atoms with E-state index < -0.39 is 21.7 Å². The first-order valence-electron chi connectivity index (χ1n) is 9.93. The topological polar surface area (TPSA) is 119 Å². The van der Waals surface area contributed by atoms with Crippen LogP contribution in [0, 0.1) is 18.6 Å². The van der Waals surface area contributed by atoms with Crippen molar-refractivity contribution in [1.82, 2.24) is 20.2 Å². The Labute approximate surface area is 193 Å². The highest BCUT2D eigenvalue weighted by atomic mass is 32.2. The van der Waals surface area contributed by atoms with Crippen LogP contribution in [0.3, 0.4) is 0 Å². The summed E-state index contributed by atoms with van der Waals surface area (Å²) in [5, 5.41) is 13.6. The molecule has 4 rings (SSSR count). The molecule has 0 aliphatic carbocycles. The van der Waals surface area contributed by atoms with Crippen molar-refractivity contribution < 1.29 is 22.0 Å². The molecule has 0 saturated carbocycles. The van der Waals surface area contributed by atoms with E-state index in [1.54, 1.807) is 19.1 Å². The monoisotopic (exact) mass is 484 g/mol. The van der Waals surface area contributed by atoms with Gasteiger partial charge in [-0.1, -0.05) is 12.1 Å². The lowest BCUT2D eigenvalue weighted by Crippen LogP contribution is -2.15. The van der Waals surface area contributed by atoms with Crippen LogP contribution in [0.5, 0.6) is 0 Å². The maximum atomic E-state index is 14.2. The van der Waals surface area contributed by atoms with Crippen LogP contribution in [0.1, 0.15) is 11.4 Å². The fraction of sp³-hybridized carbons (Fsp3) is 0.0909. The van der Waals surface area contributed by atoms with Gasteiger partial charge in [0.15, 0.2) is 5.82 Å². The number of carbonyl (C=O) groups is 1. The SMILES string of the molecule is Cc1nnnn1-c1cc(NC(=O)Cc2ccc(NS(=O)(=O)c3ccc(F)cc3)cc2)ccc1F. The van der Waals surface area contributed by atoms with Gasteiger partial charge in [-0.15, -0.1) is 5.10 Å². The second-order valence-corrected chi connectivity index (χ2v) is 8.97. The lowest BCUT2D eigenvalue weighted by atomic mass is 10.1. The van der Waals surface area contributed by atoms with Gasteiger partial charge in [-0.05, 0) is 77.5 Å². The fourth-order valence-corrected chi connectivity index (χ4v) is 4.17. The first-order chi connectivity index (χ1) is 16.2. The lowest BCUT2D eigenvalue weighted by Gasteiger charge is -2.10. The van der Waals surface area contributed by atoms with Gasteiger partial charge in [-0.2, -0.15) is 4.68 Å². The molecule has 1 amide bonds. The average Bonchev–Trinajstić information content (AvgIpc) is 3.22. The summed E-state index contributed by atoms with van der Waals surface area (Å²) in [7, 11) is -3.88. The Kier molecular flexibility index (Phi) is 6.32. The number of nitrogens with one attached hydrogen (secondary N) is 2. The van der Waals surface area contributed by atoms with Gasteiger partial charge in [0.2, 0.25) is 5.91 Å². The molecule has 1 aromatic heterocycles. The Balaban J connectivity index is 1.41. The van der Waals surface area contributed by atoms with Gasteiger partial charge in [0.05, 0.1) is 11.3 Å². The van der Waals surface area contributed by atoms with Crippen molar-refractivity contribution in [2.75, 3.05) is 10.0 Å². The van der Waals surface area contributed by atoms with Crippen LogP contribution in [0.4, 0.5) is 20.2 Å². The minimum absolute atomic E-state index is 0.00160. The van der Waals surface area contributed by atoms with E-state index >= 15 is 0 Å². The number of nitrogens with zero attached hydrogens (tertiary/aromatic N) is 4. The number of aromatic nitrogens is 4. The molecule has 0 radical (unpaired) electrons. The number of rotatable bonds is 7. The zero-order valence-corrected chi connectivity index (χ0v) is 18.6. The minimum atomic E-state index is -3.88. The number of halogens is 2. The van der Waals surface area contributed by atoms with Crippen molar-refractivity contribution in [2.24, 2.45) is 0 Å². The van der Waals surface area contributed by atoms with Gasteiger partial charge in [0.25, 0.3) is 10.0 Å². The zero-order chi connectivity index (χ0) is 24.3. The van der Waals surface area contributed by atoms with Crippen LogP contribution in [0.2, 0.25) is 0 Å². The second-order valence-electron chi connectivity index (χ2n) is 7.29. The van der Waals surface area contributed by atoms with E-state index in [-0.39, 0.29) is 28.6 Å². The molecule has 0 spiro atoms. The summed E-state index contributed by atoms with van der Waals surface area (Å²) in [6, 6.07) is 14.7. The molecular weight excluding hydrogens is 466 g/mol. The van der Waals surface area contributed by atoms with Crippen LogP contribution in [-0.2, 0) is 21.2 Å². The Bertz CT molecular complexity index is 1440. The van der Waals surface area contributed by atoms with E-state index in [4.69, 9.17) is 0 Å². The molecule has 0 aliphatic heterocycles. The molecule has 0 bridgehead atoms. The van der Waals surface area contributed by atoms with Crippen molar-refractivity contribution >= 4 is 27.3 Å². The van der Waals surface area contributed by atoms with Crippen molar-refractivity contribution in [1.29, 1.82) is 0 Å². The number of amides is 1. The highest BCUT2D eigenvalue weighted by Gasteiger charge is 2.15. The molecule has 0 saturated heterocycles. The molecule has 9 nitrogen and oxygen atoms in total. The molecule has 1 heterocycles. The Morgan fingerprint density at radius 3 is 2.29 bits per heavy atom. The number of benzene rings is 3. The lowest BCUT2D eigenvalue weighted by molar-refractivity contribution is -0.115. The Morgan fingerprint density at radius 1 is 0.971 bits per heavy atom. The highest BCUT2D eigenvalue weighted by Crippen LogP contribution is 2.20. The smallest absolute Gasteiger partial charge is 0.261 e. The van der Waals surface area contributed by atoms with Gasteiger partial charge in [0.1, 0.15) is 17.3 Å². The molecular formula is C22H18F2N6O3S. The van der Waals surface area contributed by atoms with Crippen molar-refractivity contribution in [3.8, 4) is 5.69 Å². The van der Waals surface area contributed by atoms with Crippen LogP contribution in [-0.4, -0.2) is 34.5 Å². The van der Waals surface area contributed by atoms with Crippen LogP contribution < -0.4 is 10.0 Å². The summed E-state index contributed by atoms with van der Waals surface area (Å²) in [5.41, 5.74) is 1.37. The normalized spacial score (nSPS) is 11.3. The fourth-order valence-electron chi connectivity index (χ4n) is 3.12. The number of tetrazole rings is 1. The largest absolute Gasteiger partial charge is 0.326 e. The Hall–Kier alpha value is -4.19. The number of hydrogen-bond acceptors (Lipinski definition) is 6. The number of anilines is 2. The van der Waals surface area contributed by atoms with E-state index in [1.807, 2.05) is 0 Å². The molecule has 0 aliphatic rings.